The standard InChI is InChI=1S/C8H11NO5/c1-5-7(11)9(8(12)14-5)3-4-13-6(2)10/h5H,3-4H2,1-2H3. The second-order valence-corrected chi connectivity index (χ2v) is 2.86. The molecule has 6 heteroatoms. The summed E-state index contributed by atoms with van der Waals surface area (Å²) in [6, 6.07) is 0. The van der Waals surface area contributed by atoms with Crippen LogP contribution in [0.4, 0.5) is 4.79 Å². The van der Waals surface area contributed by atoms with Crippen molar-refractivity contribution < 1.29 is 23.9 Å². The lowest BCUT2D eigenvalue weighted by Crippen LogP contribution is -2.34. The summed E-state index contributed by atoms with van der Waals surface area (Å²) in [6.07, 6.45) is -1.42. The van der Waals surface area contributed by atoms with Crippen molar-refractivity contribution in [1.82, 2.24) is 4.90 Å². The fraction of sp³-hybridized carbons (Fsp3) is 0.625. The number of cyclic esters (lactones) is 1. The summed E-state index contributed by atoms with van der Waals surface area (Å²) >= 11 is 0. The highest BCUT2D eigenvalue weighted by molar-refractivity contribution is 5.99. The van der Waals surface area contributed by atoms with Crippen molar-refractivity contribution in [3.63, 3.8) is 0 Å². The van der Waals surface area contributed by atoms with Gasteiger partial charge in [0.2, 0.25) is 0 Å². The Kier molecular flexibility index (Phi) is 3.06. The van der Waals surface area contributed by atoms with Gasteiger partial charge in [-0.15, -0.1) is 0 Å². The molecular formula is C8H11NO5. The zero-order chi connectivity index (χ0) is 10.7. The van der Waals surface area contributed by atoms with E-state index < -0.39 is 24.1 Å². The third-order valence-corrected chi connectivity index (χ3v) is 1.73. The molecule has 0 aliphatic carbocycles. The molecule has 0 saturated carbocycles. The number of carbonyl (C=O) groups excluding carboxylic acids is 3. The molecule has 0 spiro atoms. The third-order valence-electron chi connectivity index (χ3n) is 1.73. The molecule has 0 radical (unpaired) electrons. The Bertz CT molecular complexity index is 275. The van der Waals surface area contributed by atoms with Gasteiger partial charge < -0.3 is 9.47 Å². The van der Waals surface area contributed by atoms with E-state index in [0.717, 1.165) is 4.90 Å². The minimum Gasteiger partial charge on any atom is -0.464 e. The lowest BCUT2D eigenvalue weighted by Gasteiger charge is -2.09. The van der Waals surface area contributed by atoms with Gasteiger partial charge in [0.15, 0.2) is 6.10 Å². The number of carbonyl (C=O) groups is 3. The Morgan fingerprint density at radius 1 is 1.57 bits per heavy atom. The molecule has 1 rings (SSSR count). The van der Waals surface area contributed by atoms with E-state index in [0.29, 0.717) is 0 Å². The fourth-order valence-corrected chi connectivity index (χ4v) is 1.06. The SMILES string of the molecule is CC(=O)OCCN1C(=O)OC(C)C1=O. The van der Waals surface area contributed by atoms with Crippen LogP contribution in [0.1, 0.15) is 13.8 Å². The van der Waals surface area contributed by atoms with Gasteiger partial charge in [0, 0.05) is 6.92 Å². The van der Waals surface area contributed by atoms with E-state index in [1.54, 1.807) is 0 Å². The lowest BCUT2D eigenvalue weighted by atomic mass is 10.4. The molecule has 1 atom stereocenters. The third kappa shape index (κ3) is 2.21. The summed E-state index contributed by atoms with van der Waals surface area (Å²) in [5.41, 5.74) is 0. The van der Waals surface area contributed by atoms with Crippen LogP contribution in [0.25, 0.3) is 0 Å². The number of ether oxygens (including phenoxy) is 2. The molecule has 2 amide bonds. The normalized spacial score (nSPS) is 21.0. The lowest BCUT2D eigenvalue weighted by molar-refractivity contribution is -0.142. The number of imide groups is 1. The van der Waals surface area contributed by atoms with Crippen molar-refractivity contribution in [2.24, 2.45) is 0 Å². The summed E-state index contributed by atoms with van der Waals surface area (Å²) in [5.74, 6) is -0.847. The van der Waals surface area contributed by atoms with E-state index in [9.17, 15) is 14.4 Å². The molecule has 1 heterocycles. The van der Waals surface area contributed by atoms with Crippen molar-refractivity contribution >= 4 is 18.0 Å². The van der Waals surface area contributed by atoms with E-state index in [1.165, 1.54) is 13.8 Å². The van der Waals surface area contributed by atoms with Crippen LogP contribution in [-0.4, -0.2) is 42.1 Å². The van der Waals surface area contributed by atoms with E-state index in [2.05, 4.69) is 9.47 Å². The van der Waals surface area contributed by atoms with Crippen LogP contribution in [0.5, 0.6) is 0 Å². The smallest absolute Gasteiger partial charge is 0.417 e. The minimum atomic E-state index is -0.736. The Balaban J connectivity index is 2.41. The molecule has 14 heavy (non-hydrogen) atoms. The maximum absolute atomic E-state index is 11.2. The molecule has 1 aliphatic heterocycles. The number of amides is 2. The first kappa shape index (κ1) is 10.5. The Morgan fingerprint density at radius 2 is 2.21 bits per heavy atom. The van der Waals surface area contributed by atoms with Crippen LogP contribution < -0.4 is 0 Å². The molecule has 1 unspecified atom stereocenters. The van der Waals surface area contributed by atoms with Crippen molar-refractivity contribution in [3.05, 3.63) is 0 Å². The van der Waals surface area contributed by atoms with Crippen LogP contribution in [0.15, 0.2) is 0 Å². The fourth-order valence-electron chi connectivity index (χ4n) is 1.06. The molecule has 0 aromatic rings. The van der Waals surface area contributed by atoms with Crippen molar-refractivity contribution in [1.29, 1.82) is 0 Å². The minimum absolute atomic E-state index is 0.00287. The molecule has 78 valence electrons. The molecule has 0 bridgehead atoms. The Morgan fingerprint density at radius 3 is 2.64 bits per heavy atom. The highest BCUT2D eigenvalue weighted by Crippen LogP contribution is 2.11. The van der Waals surface area contributed by atoms with Gasteiger partial charge in [-0.1, -0.05) is 0 Å². The average molecular weight is 201 g/mol. The van der Waals surface area contributed by atoms with E-state index in [-0.39, 0.29) is 13.2 Å². The van der Waals surface area contributed by atoms with E-state index >= 15 is 0 Å². The molecular weight excluding hydrogens is 190 g/mol. The molecule has 1 aliphatic rings. The molecule has 1 fully saturated rings. The molecule has 1 saturated heterocycles. The van der Waals surface area contributed by atoms with Gasteiger partial charge in [-0.25, -0.2) is 9.69 Å². The maximum Gasteiger partial charge on any atom is 0.417 e. The first-order valence-corrected chi connectivity index (χ1v) is 4.17. The van der Waals surface area contributed by atoms with Gasteiger partial charge >= 0.3 is 12.1 Å². The topological polar surface area (TPSA) is 72.9 Å². The maximum atomic E-state index is 11.2. The predicted molar refractivity (Wildman–Crippen MR) is 44.3 cm³/mol. The molecule has 0 aromatic heterocycles. The average Bonchev–Trinajstić information content (AvgIpc) is 2.31. The van der Waals surface area contributed by atoms with Crippen LogP contribution in [0.2, 0.25) is 0 Å². The second kappa shape index (κ2) is 4.08. The summed E-state index contributed by atoms with van der Waals surface area (Å²) in [7, 11) is 0. The number of hydrogen-bond donors (Lipinski definition) is 0. The van der Waals surface area contributed by atoms with Gasteiger partial charge in [0.05, 0.1) is 6.54 Å². The van der Waals surface area contributed by atoms with Crippen molar-refractivity contribution in [3.8, 4) is 0 Å². The molecule has 0 aromatic carbocycles. The van der Waals surface area contributed by atoms with Gasteiger partial charge in [0.1, 0.15) is 6.61 Å². The van der Waals surface area contributed by atoms with Gasteiger partial charge in [-0.3, -0.25) is 9.59 Å². The monoisotopic (exact) mass is 201 g/mol. The highest BCUT2D eigenvalue weighted by Gasteiger charge is 2.37. The molecule has 0 N–H and O–H groups in total. The van der Waals surface area contributed by atoms with Gasteiger partial charge in [0.25, 0.3) is 5.91 Å². The van der Waals surface area contributed by atoms with Crippen LogP contribution in [0, 0.1) is 0 Å². The Labute approximate surface area is 80.8 Å². The van der Waals surface area contributed by atoms with Crippen molar-refractivity contribution in [2.75, 3.05) is 13.2 Å². The van der Waals surface area contributed by atoms with Crippen molar-refractivity contribution in [2.45, 2.75) is 20.0 Å². The summed E-state index contributed by atoms with van der Waals surface area (Å²) in [6.45, 7) is 2.79. The quantitative estimate of drug-likeness (QED) is 0.597. The van der Waals surface area contributed by atoms with E-state index in [1.807, 2.05) is 0 Å². The second-order valence-electron chi connectivity index (χ2n) is 2.86. The van der Waals surface area contributed by atoms with Gasteiger partial charge in [-0.2, -0.15) is 0 Å². The number of hydrogen-bond acceptors (Lipinski definition) is 5. The van der Waals surface area contributed by atoms with E-state index in [4.69, 9.17) is 0 Å². The zero-order valence-corrected chi connectivity index (χ0v) is 7.98. The predicted octanol–water partition coefficient (Wildman–Crippen LogP) is -0.0832. The first-order chi connectivity index (χ1) is 6.52. The molecule has 6 nitrogen and oxygen atoms in total. The zero-order valence-electron chi connectivity index (χ0n) is 7.98. The van der Waals surface area contributed by atoms with Crippen LogP contribution in [-0.2, 0) is 19.1 Å². The van der Waals surface area contributed by atoms with Gasteiger partial charge in [-0.05, 0) is 6.92 Å². The summed E-state index contributed by atoms with van der Waals surface area (Å²) < 4.78 is 9.24. The number of rotatable bonds is 3. The Hall–Kier alpha value is -1.59. The largest absolute Gasteiger partial charge is 0.464 e. The van der Waals surface area contributed by atoms with Crippen LogP contribution >= 0.6 is 0 Å². The number of nitrogens with zero attached hydrogens (tertiary/aromatic N) is 1. The summed E-state index contributed by atoms with van der Waals surface area (Å²) in [5, 5.41) is 0. The number of esters is 1. The van der Waals surface area contributed by atoms with Crippen LogP contribution in [0.3, 0.4) is 0 Å². The first-order valence-electron chi connectivity index (χ1n) is 4.17. The summed E-state index contributed by atoms with van der Waals surface area (Å²) in [4.78, 5) is 33.6. The highest BCUT2D eigenvalue weighted by atomic mass is 16.6.